The van der Waals surface area contributed by atoms with Crippen LogP contribution in [0.3, 0.4) is 0 Å². The topological polar surface area (TPSA) is 27.7 Å². The summed E-state index contributed by atoms with van der Waals surface area (Å²) in [6.45, 7) is 8.20. The second-order valence-corrected chi connectivity index (χ2v) is 4.99. The Morgan fingerprint density at radius 1 is 1.33 bits per heavy atom. The maximum atomic E-state index is 5.84. The van der Waals surface area contributed by atoms with E-state index in [-0.39, 0.29) is 18.3 Å². The molecule has 1 rings (SSSR count). The van der Waals surface area contributed by atoms with Crippen molar-refractivity contribution in [1.82, 2.24) is 0 Å². The molecule has 0 spiro atoms. The lowest BCUT2D eigenvalue weighted by molar-refractivity contribution is -0.150. The Labute approximate surface area is 101 Å². The number of rotatable bonds is 7. The van der Waals surface area contributed by atoms with E-state index in [0.29, 0.717) is 11.4 Å². The van der Waals surface area contributed by atoms with E-state index in [0.717, 1.165) is 19.6 Å². The van der Waals surface area contributed by atoms with E-state index < -0.39 is 0 Å². The lowest BCUT2D eigenvalue weighted by Crippen LogP contribution is -2.52. The van der Waals surface area contributed by atoms with Crippen LogP contribution in [0.15, 0.2) is 0 Å². The number of hydrogen-bond acceptors (Lipinski definition) is 3. The molecule has 4 heteroatoms. The largest absolute Gasteiger partial charge is 0.379 e. The Morgan fingerprint density at radius 2 is 2.07 bits per heavy atom. The third-order valence-corrected chi connectivity index (χ3v) is 3.40. The first-order chi connectivity index (χ1) is 7.19. The van der Waals surface area contributed by atoms with Gasteiger partial charge in [0.25, 0.3) is 0 Å². The molecule has 1 saturated carbocycles. The summed E-state index contributed by atoms with van der Waals surface area (Å²) in [5.74, 6) is 0. The molecule has 0 aromatic carbocycles. The number of alkyl halides is 1. The van der Waals surface area contributed by atoms with Crippen molar-refractivity contribution in [2.24, 2.45) is 0 Å². The van der Waals surface area contributed by atoms with Gasteiger partial charge in [0.1, 0.15) is 0 Å². The lowest BCUT2D eigenvalue weighted by Gasteiger charge is -2.42. The molecule has 0 saturated heterocycles. The molecular weight excluding hydrogens is 260 g/mol. The second kappa shape index (κ2) is 6.84. The van der Waals surface area contributed by atoms with Crippen LogP contribution < -0.4 is 0 Å². The lowest BCUT2D eigenvalue weighted by atomic mass is 9.91. The molecule has 15 heavy (non-hydrogen) atoms. The van der Waals surface area contributed by atoms with Crippen LogP contribution in [0.4, 0.5) is 0 Å². The molecule has 1 aliphatic carbocycles. The summed E-state index contributed by atoms with van der Waals surface area (Å²) in [6, 6.07) is 0. The van der Waals surface area contributed by atoms with Gasteiger partial charge in [-0.2, -0.15) is 0 Å². The van der Waals surface area contributed by atoms with Gasteiger partial charge in [-0.1, -0.05) is 15.9 Å². The normalized spacial score (nSPS) is 32.4. The van der Waals surface area contributed by atoms with E-state index in [2.05, 4.69) is 15.9 Å². The predicted octanol–water partition coefficient (Wildman–Crippen LogP) is 2.37. The van der Waals surface area contributed by atoms with E-state index in [1.54, 1.807) is 0 Å². The zero-order valence-electron chi connectivity index (χ0n) is 9.74. The van der Waals surface area contributed by atoms with Crippen molar-refractivity contribution in [1.29, 1.82) is 0 Å². The highest BCUT2D eigenvalue weighted by Crippen LogP contribution is 2.33. The number of hydrogen-bond donors (Lipinski definition) is 0. The van der Waals surface area contributed by atoms with Crippen molar-refractivity contribution in [2.75, 3.05) is 19.8 Å². The van der Waals surface area contributed by atoms with E-state index in [9.17, 15) is 0 Å². The monoisotopic (exact) mass is 280 g/mol. The smallest absolute Gasteiger partial charge is 0.0962 e. The Balaban J connectivity index is 2.20. The maximum absolute atomic E-state index is 5.84. The van der Waals surface area contributed by atoms with E-state index in [1.165, 1.54) is 0 Å². The Morgan fingerprint density at radius 3 is 2.60 bits per heavy atom. The number of ether oxygens (including phenoxy) is 3. The standard InChI is InChI=1S/C11H21BrO3/c1-4-13-7-8(3)15-10-6-9(12)11(10)14-5-2/h8-11H,4-7H2,1-3H3. The van der Waals surface area contributed by atoms with Gasteiger partial charge in [0.2, 0.25) is 0 Å². The minimum absolute atomic E-state index is 0.151. The second-order valence-electron chi connectivity index (χ2n) is 3.82. The molecule has 90 valence electrons. The van der Waals surface area contributed by atoms with Gasteiger partial charge >= 0.3 is 0 Å². The average molecular weight is 281 g/mol. The highest BCUT2D eigenvalue weighted by Gasteiger charge is 2.41. The molecule has 0 bridgehead atoms. The summed E-state index contributed by atoms with van der Waals surface area (Å²) in [4.78, 5) is 0.446. The molecule has 0 aliphatic heterocycles. The Bertz CT molecular complexity index is 177. The van der Waals surface area contributed by atoms with Crippen LogP contribution in [-0.4, -0.2) is 43.0 Å². The molecule has 4 unspecified atom stereocenters. The number of halogens is 1. The molecule has 1 fully saturated rings. The van der Waals surface area contributed by atoms with Crippen LogP contribution in [-0.2, 0) is 14.2 Å². The quantitative estimate of drug-likeness (QED) is 0.670. The molecule has 0 heterocycles. The van der Waals surface area contributed by atoms with Crippen molar-refractivity contribution in [2.45, 2.75) is 50.3 Å². The Hall–Kier alpha value is 0.360. The zero-order chi connectivity index (χ0) is 11.3. The first-order valence-corrected chi connectivity index (χ1v) is 6.59. The summed E-state index contributed by atoms with van der Waals surface area (Å²) in [5.41, 5.74) is 0. The molecule has 3 nitrogen and oxygen atoms in total. The first-order valence-electron chi connectivity index (χ1n) is 5.67. The summed E-state index contributed by atoms with van der Waals surface area (Å²) in [5, 5.41) is 0. The maximum Gasteiger partial charge on any atom is 0.0962 e. The van der Waals surface area contributed by atoms with Crippen LogP contribution in [0, 0.1) is 0 Å². The van der Waals surface area contributed by atoms with E-state index in [1.807, 2.05) is 20.8 Å². The fraction of sp³-hybridized carbons (Fsp3) is 1.00. The molecule has 0 N–H and O–H groups in total. The van der Waals surface area contributed by atoms with Crippen LogP contribution >= 0.6 is 15.9 Å². The highest BCUT2D eigenvalue weighted by atomic mass is 79.9. The summed E-state index contributed by atoms with van der Waals surface area (Å²) >= 11 is 3.57. The SMILES string of the molecule is CCOCC(C)OC1CC(Br)C1OCC. The van der Waals surface area contributed by atoms with Crippen LogP contribution in [0.25, 0.3) is 0 Å². The van der Waals surface area contributed by atoms with Gasteiger partial charge < -0.3 is 14.2 Å². The molecule has 0 amide bonds. The van der Waals surface area contributed by atoms with Crippen molar-refractivity contribution in [3.8, 4) is 0 Å². The molecule has 0 radical (unpaired) electrons. The van der Waals surface area contributed by atoms with Gasteiger partial charge in [0.15, 0.2) is 0 Å². The van der Waals surface area contributed by atoms with E-state index >= 15 is 0 Å². The summed E-state index contributed by atoms with van der Waals surface area (Å²) in [6.07, 6.45) is 1.61. The van der Waals surface area contributed by atoms with E-state index in [4.69, 9.17) is 14.2 Å². The predicted molar refractivity (Wildman–Crippen MR) is 63.6 cm³/mol. The highest BCUT2D eigenvalue weighted by molar-refractivity contribution is 9.09. The minimum Gasteiger partial charge on any atom is -0.379 e. The van der Waals surface area contributed by atoms with Crippen molar-refractivity contribution in [3.63, 3.8) is 0 Å². The zero-order valence-corrected chi connectivity index (χ0v) is 11.3. The average Bonchev–Trinajstić information content (AvgIpc) is 2.22. The first kappa shape index (κ1) is 13.4. The fourth-order valence-corrected chi connectivity index (χ4v) is 2.55. The summed E-state index contributed by atoms with van der Waals surface area (Å²) in [7, 11) is 0. The van der Waals surface area contributed by atoms with Gasteiger partial charge in [-0.25, -0.2) is 0 Å². The summed E-state index contributed by atoms with van der Waals surface area (Å²) < 4.78 is 16.7. The molecule has 0 aromatic rings. The minimum atomic E-state index is 0.151. The van der Waals surface area contributed by atoms with Crippen LogP contribution in [0.5, 0.6) is 0 Å². The van der Waals surface area contributed by atoms with Gasteiger partial charge in [0.05, 0.1) is 24.9 Å². The van der Waals surface area contributed by atoms with Gasteiger partial charge in [-0.15, -0.1) is 0 Å². The van der Waals surface area contributed by atoms with Crippen LogP contribution in [0.1, 0.15) is 27.2 Å². The van der Waals surface area contributed by atoms with Gasteiger partial charge in [0, 0.05) is 18.0 Å². The molecule has 0 aromatic heterocycles. The molecule has 1 aliphatic rings. The van der Waals surface area contributed by atoms with Crippen molar-refractivity contribution < 1.29 is 14.2 Å². The third kappa shape index (κ3) is 4.02. The fourth-order valence-electron chi connectivity index (χ4n) is 1.69. The molecular formula is C11H21BrO3. The molecule has 4 atom stereocenters. The van der Waals surface area contributed by atoms with Gasteiger partial charge in [-0.3, -0.25) is 0 Å². The third-order valence-electron chi connectivity index (χ3n) is 2.50. The Kier molecular flexibility index (Phi) is 6.12. The van der Waals surface area contributed by atoms with Crippen molar-refractivity contribution in [3.05, 3.63) is 0 Å². The van der Waals surface area contributed by atoms with Crippen molar-refractivity contribution >= 4 is 15.9 Å². The van der Waals surface area contributed by atoms with Crippen LogP contribution in [0.2, 0.25) is 0 Å². The van der Waals surface area contributed by atoms with Gasteiger partial charge in [-0.05, 0) is 27.2 Å².